The predicted molar refractivity (Wildman–Crippen MR) is 99.0 cm³/mol. The van der Waals surface area contributed by atoms with Gasteiger partial charge in [0.2, 0.25) is 10.0 Å². The number of methoxy groups -OCH3 is 1. The molecule has 1 aromatic heterocycles. The Balaban J connectivity index is 1.55. The minimum absolute atomic E-state index is 0.0759. The van der Waals surface area contributed by atoms with Gasteiger partial charge in [-0.2, -0.15) is 4.72 Å². The van der Waals surface area contributed by atoms with Gasteiger partial charge in [0.25, 0.3) is 5.91 Å². The Morgan fingerprint density at radius 2 is 1.89 bits per heavy atom. The number of likely N-dealkylation sites (tertiary alicyclic amines) is 1. The Hall–Kier alpha value is -2.65. The molecule has 0 unspecified atom stereocenters. The summed E-state index contributed by atoms with van der Waals surface area (Å²) in [5.41, 5.74) is 0.281. The first-order valence-corrected chi connectivity index (χ1v) is 10.1. The van der Waals surface area contributed by atoms with Gasteiger partial charge >= 0.3 is 0 Å². The van der Waals surface area contributed by atoms with Crippen LogP contribution in [0.1, 0.15) is 23.2 Å². The van der Waals surface area contributed by atoms with Crippen molar-refractivity contribution in [2.45, 2.75) is 23.4 Å². The van der Waals surface area contributed by atoms with Crippen LogP contribution in [0.2, 0.25) is 0 Å². The third-order valence-electron chi connectivity index (χ3n) is 5.01. The normalized spacial score (nSPS) is 19.8. The zero-order valence-corrected chi connectivity index (χ0v) is 15.6. The number of piperidine rings is 1. The van der Waals surface area contributed by atoms with Crippen molar-refractivity contribution in [3.8, 4) is 5.75 Å². The maximum Gasteiger partial charge on any atom is 0.253 e. The minimum Gasteiger partial charge on any atom is -0.497 e. The molecule has 0 aliphatic carbocycles. The van der Waals surface area contributed by atoms with E-state index in [-0.39, 0.29) is 10.8 Å². The van der Waals surface area contributed by atoms with Crippen molar-refractivity contribution in [2.24, 2.45) is 0 Å². The highest BCUT2D eigenvalue weighted by atomic mass is 32.2. The molecule has 0 saturated carbocycles. The van der Waals surface area contributed by atoms with Crippen LogP contribution in [-0.4, -0.2) is 50.1 Å². The van der Waals surface area contributed by atoms with Crippen molar-refractivity contribution in [1.29, 1.82) is 0 Å². The molecular formula is C18H20N4O4S. The van der Waals surface area contributed by atoms with Crippen LogP contribution < -0.4 is 14.8 Å². The van der Waals surface area contributed by atoms with Gasteiger partial charge in [0, 0.05) is 50.0 Å². The van der Waals surface area contributed by atoms with Gasteiger partial charge in [-0.1, -0.05) is 0 Å². The summed E-state index contributed by atoms with van der Waals surface area (Å²) in [5.74, 6) is 0.506. The summed E-state index contributed by atoms with van der Waals surface area (Å²) in [4.78, 5) is 18.5. The van der Waals surface area contributed by atoms with Gasteiger partial charge < -0.3 is 15.0 Å². The summed E-state index contributed by atoms with van der Waals surface area (Å²) >= 11 is 0. The van der Waals surface area contributed by atoms with Crippen molar-refractivity contribution in [1.82, 2.24) is 14.6 Å². The van der Waals surface area contributed by atoms with Crippen LogP contribution in [-0.2, 0) is 10.0 Å². The van der Waals surface area contributed by atoms with Crippen molar-refractivity contribution in [3.63, 3.8) is 0 Å². The summed E-state index contributed by atoms with van der Waals surface area (Å²) in [5, 5.41) is 3.32. The van der Waals surface area contributed by atoms with E-state index in [9.17, 15) is 13.2 Å². The zero-order chi connectivity index (χ0) is 19.1. The highest BCUT2D eigenvalue weighted by Gasteiger charge is 2.44. The Bertz CT molecular complexity index is 970. The molecule has 1 saturated heterocycles. The molecule has 1 fully saturated rings. The number of anilines is 1. The average molecular weight is 388 g/mol. The smallest absolute Gasteiger partial charge is 0.253 e. The first-order chi connectivity index (χ1) is 12.9. The Morgan fingerprint density at radius 1 is 1.19 bits per heavy atom. The van der Waals surface area contributed by atoms with Crippen molar-refractivity contribution < 1.29 is 17.9 Å². The molecule has 4 rings (SSSR count). The average Bonchev–Trinajstić information content (AvgIpc) is 2.67. The number of carbonyl (C=O) groups excluding carboxylic acids is 1. The highest BCUT2D eigenvalue weighted by molar-refractivity contribution is 7.89. The number of carbonyl (C=O) groups is 1. The van der Waals surface area contributed by atoms with Gasteiger partial charge in [-0.05, 0) is 24.3 Å². The van der Waals surface area contributed by atoms with E-state index < -0.39 is 15.7 Å². The molecule has 8 nitrogen and oxygen atoms in total. The van der Waals surface area contributed by atoms with Crippen molar-refractivity contribution in [2.75, 3.05) is 25.5 Å². The van der Waals surface area contributed by atoms with Crippen LogP contribution >= 0.6 is 0 Å². The van der Waals surface area contributed by atoms with Crippen molar-refractivity contribution >= 4 is 21.6 Å². The minimum atomic E-state index is -3.64. The summed E-state index contributed by atoms with van der Waals surface area (Å²) in [6.45, 7) is 0.881. The zero-order valence-electron chi connectivity index (χ0n) is 14.8. The number of fused-ring (bicyclic) bond motifs is 1. The van der Waals surface area contributed by atoms with Gasteiger partial charge in [0.1, 0.15) is 16.3 Å². The van der Waals surface area contributed by atoms with E-state index in [4.69, 9.17) is 4.74 Å². The Labute approximate surface area is 157 Å². The first-order valence-electron chi connectivity index (χ1n) is 8.62. The number of ether oxygens (including phenoxy) is 1. The van der Waals surface area contributed by atoms with Gasteiger partial charge in [-0.3, -0.25) is 9.78 Å². The molecule has 9 heteroatoms. The summed E-state index contributed by atoms with van der Waals surface area (Å²) in [7, 11) is -2.11. The quantitative estimate of drug-likeness (QED) is 0.807. The van der Waals surface area contributed by atoms with E-state index >= 15 is 0 Å². The van der Waals surface area contributed by atoms with Crippen LogP contribution in [0.3, 0.4) is 0 Å². The van der Waals surface area contributed by atoms with E-state index in [1.165, 1.54) is 13.2 Å². The third kappa shape index (κ3) is 3.24. The molecule has 1 spiro atoms. The molecule has 0 bridgehead atoms. The monoisotopic (exact) mass is 388 g/mol. The second-order valence-electron chi connectivity index (χ2n) is 6.70. The number of hydrogen-bond acceptors (Lipinski definition) is 6. The van der Waals surface area contributed by atoms with E-state index in [1.807, 2.05) is 0 Å². The molecule has 2 aliphatic heterocycles. The largest absolute Gasteiger partial charge is 0.497 e. The van der Waals surface area contributed by atoms with Gasteiger partial charge in [0.05, 0.1) is 12.8 Å². The van der Waals surface area contributed by atoms with E-state index in [2.05, 4.69) is 15.0 Å². The molecule has 1 amide bonds. The number of rotatable bonds is 2. The van der Waals surface area contributed by atoms with Gasteiger partial charge in [-0.15, -0.1) is 0 Å². The second kappa shape index (κ2) is 6.50. The molecule has 3 heterocycles. The Kier molecular flexibility index (Phi) is 4.27. The molecule has 1 aromatic carbocycles. The number of amides is 1. The number of pyridine rings is 1. The summed E-state index contributed by atoms with van der Waals surface area (Å²) in [6, 6.07) is 8.18. The van der Waals surface area contributed by atoms with E-state index in [0.717, 1.165) is 0 Å². The lowest BCUT2D eigenvalue weighted by Gasteiger charge is -2.45. The fourth-order valence-electron chi connectivity index (χ4n) is 3.56. The lowest BCUT2D eigenvalue weighted by atomic mass is 9.96. The van der Waals surface area contributed by atoms with Crippen LogP contribution in [0.15, 0.2) is 47.6 Å². The van der Waals surface area contributed by atoms with Gasteiger partial charge in [0.15, 0.2) is 0 Å². The lowest BCUT2D eigenvalue weighted by Crippen LogP contribution is -2.62. The molecule has 2 N–H and O–H groups in total. The SMILES string of the molecule is COc1ccc2c(c1)NC1(CCN(C(=O)c3ccncc3)CC1)NS2(=O)=O. The number of hydrogen-bond donors (Lipinski definition) is 2. The summed E-state index contributed by atoms with van der Waals surface area (Å²) < 4.78 is 33.4. The summed E-state index contributed by atoms with van der Waals surface area (Å²) in [6.07, 6.45) is 4.08. The number of nitrogens with zero attached hydrogens (tertiary/aromatic N) is 2. The highest BCUT2D eigenvalue weighted by Crippen LogP contribution is 2.37. The van der Waals surface area contributed by atoms with Gasteiger partial charge in [-0.25, -0.2) is 8.42 Å². The number of nitrogens with one attached hydrogen (secondary N) is 2. The van der Waals surface area contributed by atoms with Crippen LogP contribution in [0, 0.1) is 0 Å². The molecule has 27 heavy (non-hydrogen) atoms. The third-order valence-corrected chi connectivity index (χ3v) is 6.61. The van der Waals surface area contributed by atoms with Crippen LogP contribution in [0.5, 0.6) is 5.75 Å². The maximum atomic E-state index is 12.7. The number of sulfonamides is 1. The van der Waals surface area contributed by atoms with E-state index in [1.54, 1.807) is 41.6 Å². The first kappa shape index (κ1) is 17.7. The molecule has 0 atom stereocenters. The number of benzene rings is 1. The maximum absolute atomic E-state index is 12.7. The molecule has 142 valence electrons. The van der Waals surface area contributed by atoms with Crippen molar-refractivity contribution in [3.05, 3.63) is 48.3 Å². The predicted octanol–water partition coefficient (Wildman–Crippen LogP) is 1.43. The van der Waals surface area contributed by atoms with E-state index in [0.29, 0.717) is 42.9 Å². The fraction of sp³-hybridized carbons (Fsp3) is 0.333. The molecule has 2 aliphatic rings. The Morgan fingerprint density at radius 3 is 2.56 bits per heavy atom. The topological polar surface area (TPSA) is 101 Å². The molecule has 0 radical (unpaired) electrons. The standard InChI is InChI=1S/C18H20N4O4S/c1-26-14-2-3-16-15(12-14)20-18(21-27(16,24)25)6-10-22(11-7-18)17(23)13-4-8-19-9-5-13/h2-5,8-9,12,20-21H,6-7,10-11H2,1H3. The number of aromatic nitrogens is 1. The van der Waals surface area contributed by atoms with Crippen LogP contribution in [0.4, 0.5) is 5.69 Å². The fourth-order valence-corrected chi connectivity index (χ4v) is 5.09. The molecule has 2 aromatic rings. The molecular weight excluding hydrogens is 368 g/mol. The lowest BCUT2D eigenvalue weighted by molar-refractivity contribution is 0.0675. The van der Waals surface area contributed by atoms with Crippen LogP contribution in [0.25, 0.3) is 0 Å². The second-order valence-corrected chi connectivity index (χ2v) is 8.35.